The Morgan fingerprint density at radius 3 is 1.34 bits per heavy atom. The van der Waals surface area contributed by atoms with Gasteiger partial charge in [0.05, 0.1) is 22.0 Å². The van der Waals surface area contributed by atoms with Crippen molar-refractivity contribution in [3.05, 3.63) is 146 Å². The fraction of sp³-hybridized carbons (Fsp3) is 0. The minimum Gasteiger partial charge on any atom is -0.456 e. The summed E-state index contributed by atoms with van der Waals surface area (Å²) in [5.74, 6) is 0. The molecule has 10 aromatic rings. The van der Waals surface area contributed by atoms with Crippen LogP contribution in [0.1, 0.15) is 0 Å². The zero-order chi connectivity index (χ0) is 40.7. The number of anilines is 3. The average Bonchev–Trinajstić information content (AvgIpc) is 3.85. The van der Waals surface area contributed by atoms with Gasteiger partial charge in [0.25, 0.3) is 0 Å². The molecule has 0 aliphatic heterocycles. The maximum absolute atomic E-state index is 6.94. The molecule has 11 heteroatoms. The van der Waals surface area contributed by atoms with E-state index in [1.165, 1.54) is 0 Å². The second-order valence-corrected chi connectivity index (χ2v) is 14.7. The molecule has 3 nitrogen and oxygen atoms in total. The van der Waals surface area contributed by atoms with Gasteiger partial charge in [0.2, 0.25) is 0 Å². The third-order valence-electron chi connectivity index (χ3n) is 11.4. The van der Waals surface area contributed by atoms with E-state index in [1.807, 2.05) is 71.3 Å². The zero-order valence-electron chi connectivity index (χ0n) is 31.8. The van der Waals surface area contributed by atoms with E-state index in [9.17, 15) is 0 Å². The molecule has 0 N–H and O–H groups in total. The standard InChI is InChI=1S/C48H24B8N2O/c49-38-36-34-33(58(29-14-8-3-9-15-29)46(36)44(55)42(53)40(38)51)24-32(35-37-39(50)41(52)43(54)45(56)48(37)59-47(34)35)57(30-20-16-27(17-21-30)25-10-4-1-5-11-25)31-22-18-28(19-23-31)26-12-6-2-7-13-26/h1-24H. The van der Waals surface area contributed by atoms with Crippen LogP contribution in [0.15, 0.2) is 150 Å². The van der Waals surface area contributed by atoms with E-state index in [0.717, 1.165) is 39.3 Å². The summed E-state index contributed by atoms with van der Waals surface area (Å²) in [7, 11) is 53.7. The van der Waals surface area contributed by atoms with Crippen molar-refractivity contribution < 1.29 is 4.42 Å². The molecule has 0 atom stereocenters. The third kappa shape index (κ3) is 5.69. The Hall–Kier alpha value is -6.32. The van der Waals surface area contributed by atoms with Crippen LogP contribution < -0.4 is 48.6 Å². The number of fused-ring (bicyclic) bond motifs is 7. The summed E-state index contributed by atoms with van der Waals surface area (Å²) in [6.07, 6.45) is 0. The van der Waals surface area contributed by atoms with E-state index in [1.54, 1.807) is 0 Å². The van der Waals surface area contributed by atoms with E-state index >= 15 is 0 Å². The van der Waals surface area contributed by atoms with Gasteiger partial charge in [-0.1, -0.05) is 125 Å². The molecule has 59 heavy (non-hydrogen) atoms. The van der Waals surface area contributed by atoms with Crippen LogP contribution in [0.3, 0.4) is 0 Å². The number of hydrogen-bond donors (Lipinski definition) is 0. The lowest BCUT2D eigenvalue weighted by molar-refractivity contribution is 0.676. The average molecular weight is 731 g/mol. The first-order chi connectivity index (χ1) is 28.6. The third-order valence-corrected chi connectivity index (χ3v) is 11.4. The first-order valence-corrected chi connectivity index (χ1v) is 19.0. The molecule has 16 radical (unpaired) electrons. The second-order valence-electron chi connectivity index (χ2n) is 14.7. The maximum Gasteiger partial charge on any atom is 0.147 e. The van der Waals surface area contributed by atoms with Crippen molar-refractivity contribution in [3.8, 4) is 27.9 Å². The van der Waals surface area contributed by atoms with E-state index in [4.69, 9.17) is 67.2 Å². The highest BCUT2D eigenvalue weighted by Crippen LogP contribution is 2.48. The first-order valence-electron chi connectivity index (χ1n) is 19.0. The summed E-state index contributed by atoms with van der Waals surface area (Å²) in [5, 5.41) is 2.32. The van der Waals surface area contributed by atoms with Crippen LogP contribution in [0.4, 0.5) is 17.1 Å². The van der Waals surface area contributed by atoms with E-state index in [2.05, 4.69) is 83.8 Å². The van der Waals surface area contributed by atoms with Crippen molar-refractivity contribution in [2.24, 2.45) is 0 Å². The molecule has 0 aliphatic carbocycles. The molecule has 0 saturated carbocycles. The molecule has 2 heterocycles. The molecular formula is C48H24B8N2O. The van der Waals surface area contributed by atoms with Gasteiger partial charge in [-0.15, -0.1) is 21.9 Å². The zero-order valence-corrected chi connectivity index (χ0v) is 31.8. The molecular weight excluding hydrogens is 707 g/mol. The van der Waals surface area contributed by atoms with Gasteiger partial charge < -0.3 is 13.9 Å². The lowest BCUT2D eigenvalue weighted by atomic mass is 9.65. The van der Waals surface area contributed by atoms with Crippen molar-refractivity contribution in [2.75, 3.05) is 4.90 Å². The molecule has 0 bridgehead atoms. The molecule has 2 aromatic heterocycles. The quantitative estimate of drug-likeness (QED) is 0.243. The topological polar surface area (TPSA) is 21.3 Å². The van der Waals surface area contributed by atoms with E-state index in [0.29, 0.717) is 43.8 Å². The summed E-state index contributed by atoms with van der Waals surface area (Å²) >= 11 is 0. The summed E-state index contributed by atoms with van der Waals surface area (Å²) in [5.41, 5.74) is 11.1. The van der Waals surface area contributed by atoms with Gasteiger partial charge in [-0.3, -0.25) is 0 Å². The Kier molecular flexibility index (Phi) is 8.90. The monoisotopic (exact) mass is 732 g/mol. The van der Waals surface area contributed by atoms with Gasteiger partial charge in [0, 0.05) is 33.4 Å². The van der Waals surface area contributed by atoms with Crippen LogP contribution in [0.5, 0.6) is 0 Å². The Morgan fingerprint density at radius 1 is 0.373 bits per heavy atom. The van der Waals surface area contributed by atoms with Gasteiger partial charge in [0.1, 0.15) is 73.9 Å². The van der Waals surface area contributed by atoms with Gasteiger partial charge in [-0.2, -0.15) is 0 Å². The van der Waals surface area contributed by atoms with E-state index < -0.39 is 0 Å². The van der Waals surface area contributed by atoms with Crippen LogP contribution in [-0.4, -0.2) is 67.3 Å². The van der Waals surface area contributed by atoms with E-state index in [-0.39, 0.29) is 49.3 Å². The minimum absolute atomic E-state index is 0.129. The highest BCUT2D eigenvalue weighted by Gasteiger charge is 2.29. The Morgan fingerprint density at radius 2 is 0.814 bits per heavy atom. The van der Waals surface area contributed by atoms with Crippen LogP contribution >= 0.6 is 0 Å². The van der Waals surface area contributed by atoms with Gasteiger partial charge in [-0.05, 0) is 64.7 Å². The van der Waals surface area contributed by atoms with Crippen LogP contribution in [-0.2, 0) is 0 Å². The number of para-hydroxylation sites is 1. The first kappa shape index (κ1) is 37.0. The molecule has 256 valence electrons. The highest BCUT2D eigenvalue weighted by molar-refractivity contribution is 6.69. The number of benzene rings is 8. The predicted molar refractivity (Wildman–Crippen MR) is 257 cm³/mol. The van der Waals surface area contributed by atoms with Crippen LogP contribution in [0.25, 0.3) is 71.7 Å². The van der Waals surface area contributed by atoms with Crippen molar-refractivity contribution in [1.82, 2.24) is 4.57 Å². The largest absolute Gasteiger partial charge is 0.456 e. The fourth-order valence-corrected chi connectivity index (χ4v) is 8.39. The molecule has 0 fully saturated rings. The molecule has 10 rings (SSSR count). The molecule has 0 saturated heterocycles. The van der Waals surface area contributed by atoms with Crippen LogP contribution in [0, 0.1) is 0 Å². The molecule has 0 spiro atoms. The van der Waals surface area contributed by atoms with Crippen molar-refractivity contribution in [1.29, 1.82) is 0 Å². The van der Waals surface area contributed by atoms with Crippen molar-refractivity contribution >= 4 is 167 Å². The van der Waals surface area contributed by atoms with Gasteiger partial charge in [0.15, 0.2) is 0 Å². The maximum atomic E-state index is 6.94. The summed E-state index contributed by atoms with van der Waals surface area (Å²) < 4.78 is 8.94. The number of rotatable bonds is 6. The van der Waals surface area contributed by atoms with Gasteiger partial charge >= 0.3 is 0 Å². The highest BCUT2D eigenvalue weighted by atomic mass is 16.3. The van der Waals surface area contributed by atoms with Crippen molar-refractivity contribution in [2.45, 2.75) is 0 Å². The lowest BCUT2D eigenvalue weighted by Crippen LogP contribution is -2.48. The lowest BCUT2D eigenvalue weighted by Gasteiger charge is -2.27. The molecule has 8 aromatic carbocycles. The number of hydrogen-bond acceptors (Lipinski definition) is 2. The number of aromatic nitrogens is 1. The van der Waals surface area contributed by atoms with Crippen molar-refractivity contribution in [3.63, 3.8) is 0 Å². The Bertz CT molecular complexity index is 3190. The molecule has 0 unspecified atom stereocenters. The fourth-order valence-electron chi connectivity index (χ4n) is 8.39. The molecule has 0 aliphatic rings. The Labute approximate surface area is 353 Å². The molecule has 0 amide bonds. The summed E-state index contributed by atoms with van der Waals surface area (Å²) in [6.45, 7) is 0. The summed E-state index contributed by atoms with van der Waals surface area (Å²) in [4.78, 5) is 2.17. The number of nitrogens with zero attached hydrogens (tertiary/aromatic N) is 2. The smallest absolute Gasteiger partial charge is 0.147 e. The Balaban J connectivity index is 1.39. The normalized spacial score (nSPS) is 11.6. The SMILES string of the molecule is [B]c1c([B])c([B])c2c(oc3c2c(N(c2ccc(-c4ccccc4)cc2)c2ccc(-c4ccccc4)cc2)cc2c3c3c([B])c([B])c([B])c([B])c3n2-c2ccccc2)c1[B]. The predicted octanol–water partition coefficient (Wildman–Crippen LogP) is 3.84. The number of furan rings is 1. The second kappa shape index (κ2) is 14.2. The summed E-state index contributed by atoms with van der Waals surface area (Å²) in [6, 6.07) is 49.2. The van der Waals surface area contributed by atoms with Gasteiger partial charge in [-0.25, -0.2) is 0 Å². The van der Waals surface area contributed by atoms with Crippen LogP contribution in [0.2, 0.25) is 0 Å². The minimum atomic E-state index is 0.129.